The molecule has 3 aliphatic rings. The van der Waals surface area contributed by atoms with E-state index in [1.54, 1.807) is 6.07 Å². The van der Waals surface area contributed by atoms with Crippen molar-refractivity contribution < 1.29 is 9.90 Å². The van der Waals surface area contributed by atoms with Gasteiger partial charge in [0.1, 0.15) is 5.75 Å². The summed E-state index contributed by atoms with van der Waals surface area (Å²) in [6.07, 6.45) is 5.46. The Morgan fingerprint density at radius 3 is 2.58 bits per heavy atom. The summed E-state index contributed by atoms with van der Waals surface area (Å²) < 4.78 is 0. The van der Waals surface area contributed by atoms with Crippen LogP contribution < -0.4 is 5.73 Å². The van der Waals surface area contributed by atoms with Gasteiger partial charge in [0.2, 0.25) is 5.91 Å². The topological polar surface area (TPSA) is 66.6 Å². The number of rotatable bonds is 1. The van der Waals surface area contributed by atoms with E-state index >= 15 is 0 Å². The molecule has 1 amide bonds. The molecule has 142 valence electrons. The molecule has 2 atom stereocenters. The fourth-order valence-corrected chi connectivity index (χ4v) is 5.79. The molecule has 4 nitrogen and oxygen atoms in total. The average molecular weight is 357 g/mol. The summed E-state index contributed by atoms with van der Waals surface area (Å²) in [4.78, 5) is 15.5. The monoisotopic (exact) mass is 356 g/mol. The van der Waals surface area contributed by atoms with Gasteiger partial charge < -0.3 is 15.7 Å². The van der Waals surface area contributed by atoms with Crippen LogP contribution >= 0.6 is 0 Å². The number of piperidine rings is 1. The molecule has 1 aliphatic heterocycles. The minimum atomic E-state index is -0.0211. The standard InChI is InChI=1S/C22H32N2O2/c1-21(2)19-13-16-17(5-4-6-18(16)25)22(21,3)11-12-24(19)20(26)14-7-9-15(23)10-8-14/h4-6,14-15,19,25H,7-13,23H2,1-3H3/t14?,15?,19-,22+/m1/s1. The zero-order chi connectivity index (χ0) is 18.7. The molecule has 0 unspecified atom stereocenters. The molecule has 4 rings (SSSR count). The third-order valence-electron chi connectivity index (χ3n) is 8.03. The highest BCUT2D eigenvalue weighted by Gasteiger charge is 2.57. The van der Waals surface area contributed by atoms with Crippen molar-refractivity contribution in [2.75, 3.05) is 6.54 Å². The van der Waals surface area contributed by atoms with Gasteiger partial charge in [-0.15, -0.1) is 0 Å². The van der Waals surface area contributed by atoms with Crippen LogP contribution in [-0.4, -0.2) is 34.5 Å². The van der Waals surface area contributed by atoms with Crippen LogP contribution in [0.2, 0.25) is 0 Å². The first kappa shape index (κ1) is 17.8. The Morgan fingerprint density at radius 1 is 1.19 bits per heavy atom. The Balaban J connectivity index is 1.68. The highest BCUT2D eigenvalue weighted by molar-refractivity contribution is 5.80. The number of aromatic hydroxyl groups is 1. The lowest BCUT2D eigenvalue weighted by Crippen LogP contribution is -2.65. The highest BCUT2D eigenvalue weighted by atomic mass is 16.3. The Hall–Kier alpha value is -1.55. The molecule has 1 heterocycles. The number of benzene rings is 1. The summed E-state index contributed by atoms with van der Waals surface area (Å²) in [5.74, 6) is 0.823. The van der Waals surface area contributed by atoms with E-state index in [1.807, 2.05) is 6.07 Å². The first-order chi connectivity index (χ1) is 12.3. The lowest BCUT2D eigenvalue weighted by molar-refractivity contribution is -0.149. The van der Waals surface area contributed by atoms with Gasteiger partial charge in [-0.25, -0.2) is 0 Å². The zero-order valence-electron chi connectivity index (χ0n) is 16.3. The SMILES string of the molecule is CC1(C)[C@H]2Cc3c(O)cccc3[C@]1(C)CCN2C(=O)C1CCC(N)CC1. The highest BCUT2D eigenvalue weighted by Crippen LogP contribution is 2.57. The molecular formula is C22H32N2O2. The number of phenols is 1. The van der Waals surface area contributed by atoms with Gasteiger partial charge in [0.25, 0.3) is 0 Å². The molecule has 0 radical (unpaired) electrons. The third kappa shape index (κ3) is 2.41. The molecule has 1 aromatic rings. The van der Waals surface area contributed by atoms with E-state index in [0.717, 1.165) is 50.6 Å². The fraction of sp³-hybridized carbons (Fsp3) is 0.682. The zero-order valence-corrected chi connectivity index (χ0v) is 16.3. The minimum absolute atomic E-state index is 0.0182. The smallest absolute Gasteiger partial charge is 0.225 e. The van der Waals surface area contributed by atoms with Crippen molar-refractivity contribution in [1.29, 1.82) is 0 Å². The van der Waals surface area contributed by atoms with Gasteiger partial charge in [0, 0.05) is 30.0 Å². The summed E-state index contributed by atoms with van der Waals surface area (Å²) >= 11 is 0. The number of nitrogens with two attached hydrogens (primary N) is 1. The third-order valence-corrected chi connectivity index (χ3v) is 8.03. The summed E-state index contributed by atoms with van der Waals surface area (Å²) in [6, 6.07) is 6.32. The van der Waals surface area contributed by atoms with Gasteiger partial charge in [-0.05, 0) is 61.1 Å². The van der Waals surface area contributed by atoms with Crippen LogP contribution in [0, 0.1) is 11.3 Å². The summed E-state index contributed by atoms with van der Waals surface area (Å²) in [7, 11) is 0. The second-order valence-electron chi connectivity index (χ2n) is 9.47. The van der Waals surface area contributed by atoms with E-state index < -0.39 is 0 Å². The van der Waals surface area contributed by atoms with Crippen molar-refractivity contribution in [1.82, 2.24) is 4.90 Å². The fourth-order valence-electron chi connectivity index (χ4n) is 5.79. The molecule has 2 aliphatic carbocycles. The Kier molecular flexibility index (Phi) is 4.11. The van der Waals surface area contributed by atoms with Gasteiger partial charge in [0.05, 0.1) is 0 Å². The first-order valence-corrected chi connectivity index (χ1v) is 10.1. The van der Waals surface area contributed by atoms with E-state index in [1.165, 1.54) is 5.56 Å². The maximum atomic E-state index is 13.4. The molecule has 4 heteroatoms. The lowest BCUT2D eigenvalue weighted by atomic mass is 9.51. The van der Waals surface area contributed by atoms with Crippen LogP contribution in [-0.2, 0) is 16.6 Å². The molecule has 0 spiro atoms. The van der Waals surface area contributed by atoms with Crippen molar-refractivity contribution in [3.63, 3.8) is 0 Å². The van der Waals surface area contributed by atoms with Crippen molar-refractivity contribution in [3.8, 4) is 5.75 Å². The Morgan fingerprint density at radius 2 is 1.88 bits per heavy atom. The number of amides is 1. The number of carbonyl (C=O) groups is 1. The van der Waals surface area contributed by atoms with Crippen LogP contribution in [0.5, 0.6) is 5.75 Å². The molecule has 3 N–H and O–H groups in total. The molecule has 1 saturated heterocycles. The van der Waals surface area contributed by atoms with Crippen LogP contribution in [0.4, 0.5) is 0 Å². The largest absolute Gasteiger partial charge is 0.508 e. The average Bonchev–Trinajstić information content (AvgIpc) is 2.59. The predicted molar refractivity (Wildman–Crippen MR) is 103 cm³/mol. The second-order valence-corrected chi connectivity index (χ2v) is 9.47. The first-order valence-electron chi connectivity index (χ1n) is 10.1. The Bertz CT molecular complexity index is 721. The molecule has 2 bridgehead atoms. The van der Waals surface area contributed by atoms with Crippen LogP contribution in [0.3, 0.4) is 0 Å². The number of nitrogens with zero attached hydrogens (tertiary/aromatic N) is 1. The van der Waals surface area contributed by atoms with E-state index in [-0.39, 0.29) is 28.8 Å². The second kappa shape index (κ2) is 5.98. The van der Waals surface area contributed by atoms with E-state index in [0.29, 0.717) is 11.7 Å². The number of hydrogen-bond donors (Lipinski definition) is 2. The van der Waals surface area contributed by atoms with Gasteiger partial charge in [0.15, 0.2) is 0 Å². The predicted octanol–water partition coefficient (Wildman–Crippen LogP) is 3.35. The number of fused-ring (bicyclic) bond motifs is 4. The summed E-state index contributed by atoms with van der Waals surface area (Å²) in [5.41, 5.74) is 8.31. The quantitative estimate of drug-likeness (QED) is 0.811. The van der Waals surface area contributed by atoms with Gasteiger partial charge in [-0.3, -0.25) is 4.79 Å². The van der Waals surface area contributed by atoms with E-state index in [9.17, 15) is 9.90 Å². The van der Waals surface area contributed by atoms with Gasteiger partial charge >= 0.3 is 0 Å². The molecular weight excluding hydrogens is 324 g/mol. The van der Waals surface area contributed by atoms with Crippen LogP contribution in [0.1, 0.15) is 64.0 Å². The van der Waals surface area contributed by atoms with Crippen LogP contribution in [0.25, 0.3) is 0 Å². The molecule has 26 heavy (non-hydrogen) atoms. The molecule has 1 saturated carbocycles. The Labute approximate surface area is 156 Å². The number of hydrogen-bond acceptors (Lipinski definition) is 3. The van der Waals surface area contributed by atoms with Crippen LogP contribution in [0.15, 0.2) is 18.2 Å². The normalized spacial score (nSPS) is 35.7. The molecule has 0 aromatic heterocycles. The lowest BCUT2D eigenvalue weighted by Gasteiger charge is -2.61. The number of likely N-dealkylation sites (tertiary alicyclic amines) is 1. The minimum Gasteiger partial charge on any atom is -0.508 e. The van der Waals surface area contributed by atoms with Crippen molar-refractivity contribution in [2.45, 2.75) is 76.8 Å². The maximum Gasteiger partial charge on any atom is 0.225 e. The number of phenolic OH excluding ortho intramolecular Hbond substituents is 1. The van der Waals surface area contributed by atoms with Gasteiger partial charge in [-0.2, -0.15) is 0 Å². The van der Waals surface area contributed by atoms with Crippen molar-refractivity contribution >= 4 is 5.91 Å². The van der Waals surface area contributed by atoms with E-state index in [2.05, 4.69) is 31.7 Å². The number of carbonyl (C=O) groups excluding carboxylic acids is 1. The molecule has 1 aromatic carbocycles. The van der Waals surface area contributed by atoms with Gasteiger partial charge in [-0.1, -0.05) is 32.9 Å². The molecule has 2 fully saturated rings. The maximum absolute atomic E-state index is 13.4. The van der Waals surface area contributed by atoms with E-state index in [4.69, 9.17) is 5.73 Å². The summed E-state index contributed by atoms with van der Waals surface area (Å²) in [6.45, 7) is 7.75. The van der Waals surface area contributed by atoms with Crippen molar-refractivity contribution in [3.05, 3.63) is 29.3 Å². The summed E-state index contributed by atoms with van der Waals surface area (Å²) in [5, 5.41) is 10.5. The van der Waals surface area contributed by atoms with Crippen molar-refractivity contribution in [2.24, 2.45) is 17.1 Å².